The quantitative estimate of drug-likeness (QED) is 0.904. The highest BCUT2D eigenvalue weighted by Gasteiger charge is 2.36. The molecule has 1 aromatic carbocycles. The molecule has 2 heteroatoms. The average molecular weight is 272 g/mol. The molecule has 0 radical (unpaired) electrons. The van der Waals surface area contributed by atoms with Crippen LogP contribution in [0.3, 0.4) is 0 Å². The molecule has 2 aliphatic rings. The van der Waals surface area contributed by atoms with Crippen LogP contribution in [0.15, 0.2) is 24.3 Å². The van der Waals surface area contributed by atoms with E-state index in [-0.39, 0.29) is 0 Å². The van der Waals surface area contributed by atoms with E-state index in [0.29, 0.717) is 6.04 Å². The molecule has 3 atom stereocenters. The highest BCUT2D eigenvalue weighted by molar-refractivity contribution is 5.25. The second kappa shape index (κ2) is 6.28. The zero-order chi connectivity index (χ0) is 13.9. The van der Waals surface area contributed by atoms with Crippen LogP contribution in [0, 0.1) is 5.92 Å². The molecule has 0 spiro atoms. The Morgan fingerprint density at radius 1 is 1.25 bits per heavy atom. The van der Waals surface area contributed by atoms with Crippen LogP contribution in [-0.4, -0.2) is 30.6 Å². The first-order valence-corrected chi connectivity index (χ1v) is 8.34. The van der Waals surface area contributed by atoms with Crippen molar-refractivity contribution in [1.82, 2.24) is 10.2 Å². The normalized spacial score (nSPS) is 28.3. The van der Waals surface area contributed by atoms with Gasteiger partial charge in [0.15, 0.2) is 0 Å². The van der Waals surface area contributed by atoms with Gasteiger partial charge in [0, 0.05) is 25.2 Å². The molecule has 2 saturated heterocycles. The molecule has 3 rings (SSSR count). The van der Waals surface area contributed by atoms with Crippen molar-refractivity contribution in [2.24, 2.45) is 5.92 Å². The van der Waals surface area contributed by atoms with Gasteiger partial charge in [0.1, 0.15) is 0 Å². The van der Waals surface area contributed by atoms with E-state index in [1.807, 2.05) is 0 Å². The van der Waals surface area contributed by atoms with E-state index in [4.69, 9.17) is 0 Å². The lowest BCUT2D eigenvalue weighted by molar-refractivity contribution is 0.251. The number of hydrogen-bond donors (Lipinski definition) is 1. The van der Waals surface area contributed by atoms with Crippen LogP contribution in [0.1, 0.15) is 50.3 Å². The summed E-state index contributed by atoms with van der Waals surface area (Å²) in [6.45, 7) is 8.33. The fraction of sp³-hybridized carbons (Fsp3) is 0.667. The lowest BCUT2D eigenvalue weighted by atomic mass is 9.94. The Hall–Kier alpha value is -0.860. The van der Waals surface area contributed by atoms with Gasteiger partial charge < -0.3 is 5.32 Å². The Balaban J connectivity index is 1.65. The number of hydrogen-bond acceptors (Lipinski definition) is 2. The number of piperidine rings is 1. The first-order valence-electron chi connectivity index (χ1n) is 8.34. The lowest BCUT2D eigenvalue weighted by Gasteiger charge is -2.25. The Kier molecular flexibility index (Phi) is 4.42. The molecular weight excluding hydrogens is 244 g/mol. The third-order valence-corrected chi connectivity index (χ3v) is 5.18. The highest BCUT2D eigenvalue weighted by Crippen LogP contribution is 2.31. The van der Waals surface area contributed by atoms with Gasteiger partial charge in [0.2, 0.25) is 0 Å². The summed E-state index contributed by atoms with van der Waals surface area (Å²) in [5, 5.41) is 3.70. The Bertz CT molecular complexity index is 412. The van der Waals surface area contributed by atoms with Gasteiger partial charge in [-0.15, -0.1) is 0 Å². The number of nitrogens with one attached hydrogen (secondary N) is 1. The van der Waals surface area contributed by atoms with Crippen LogP contribution in [0.25, 0.3) is 0 Å². The predicted molar refractivity (Wildman–Crippen MR) is 84.9 cm³/mol. The molecule has 2 heterocycles. The molecule has 110 valence electrons. The van der Waals surface area contributed by atoms with Crippen LogP contribution in [-0.2, 0) is 6.42 Å². The first-order chi connectivity index (χ1) is 9.78. The van der Waals surface area contributed by atoms with Crippen LogP contribution in [0.2, 0.25) is 0 Å². The molecule has 1 N–H and O–H groups in total. The Morgan fingerprint density at radius 3 is 2.75 bits per heavy atom. The number of nitrogens with zero attached hydrogens (tertiary/aromatic N) is 1. The maximum atomic E-state index is 3.70. The third-order valence-electron chi connectivity index (χ3n) is 5.18. The maximum absolute atomic E-state index is 3.70. The van der Waals surface area contributed by atoms with E-state index in [9.17, 15) is 0 Å². The van der Waals surface area contributed by atoms with Crippen molar-refractivity contribution in [3.63, 3.8) is 0 Å². The molecule has 0 bridgehead atoms. The van der Waals surface area contributed by atoms with E-state index in [2.05, 4.69) is 48.3 Å². The molecular formula is C18H28N2. The van der Waals surface area contributed by atoms with Gasteiger partial charge in [-0.3, -0.25) is 4.90 Å². The minimum atomic E-state index is 0.554. The maximum Gasteiger partial charge on any atom is 0.0320 e. The van der Waals surface area contributed by atoms with Crippen molar-refractivity contribution in [2.45, 2.75) is 51.6 Å². The molecule has 20 heavy (non-hydrogen) atoms. The molecule has 2 nitrogen and oxygen atoms in total. The largest absolute Gasteiger partial charge is 0.312 e. The summed E-state index contributed by atoms with van der Waals surface area (Å²) in [5.74, 6) is 0.880. The van der Waals surface area contributed by atoms with Gasteiger partial charge in [0.25, 0.3) is 0 Å². The number of likely N-dealkylation sites (tertiary alicyclic amines) is 1. The lowest BCUT2D eigenvalue weighted by Crippen LogP contribution is -2.40. The molecule has 0 amide bonds. The van der Waals surface area contributed by atoms with Crippen molar-refractivity contribution in [3.05, 3.63) is 35.4 Å². The van der Waals surface area contributed by atoms with Gasteiger partial charge in [-0.2, -0.15) is 0 Å². The van der Waals surface area contributed by atoms with Crippen molar-refractivity contribution in [3.8, 4) is 0 Å². The van der Waals surface area contributed by atoms with E-state index in [0.717, 1.165) is 12.0 Å². The minimum Gasteiger partial charge on any atom is -0.312 e. The smallest absolute Gasteiger partial charge is 0.0320 e. The molecule has 2 fully saturated rings. The molecule has 0 aliphatic carbocycles. The highest BCUT2D eigenvalue weighted by atomic mass is 15.2. The second-order valence-corrected chi connectivity index (χ2v) is 6.58. The zero-order valence-corrected chi connectivity index (χ0v) is 12.9. The topological polar surface area (TPSA) is 15.3 Å². The first kappa shape index (κ1) is 14.1. The van der Waals surface area contributed by atoms with Crippen LogP contribution in [0.5, 0.6) is 0 Å². The van der Waals surface area contributed by atoms with Crippen molar-refractivity contribution < 1.29 is 0 Å². The number of benzene rings is 1. The Labute approximate surface area is 123 Å². The average Bonchev–Trinajstić information content (AvgIpc) is 2.91. The fourth-order valence-electron chi connectivity index (χ4n) is 3.86. The van der Waals surface area contributed by atoms with Crippen molar-refractivity contribution in [2.75, 3.05) is 19.6 Å². The molecule has 2 aliphatic heterocycles. The predicted octanol–water partition coefficient (Wildman–Crippen LogP) is 3.38. The summed E-state index contributed by atoms with van der Waals surface area (Å²) in [5.41, 5.74) is 2.95. The summed E-state index contributed by atoms with van der Waals surface area (Å²) >= 11 is 0. The standard InChI is InChI=1S/C18H28N2/c1-3-5-15-7-9-16(10-8-15)14(2)20-12-17-6-4-11-19-18(17)13-20/h7-10,14,17-19H,3-6,11-13H2,1-2H3/t14?,17-,18+/m0/s1. The van der Waals surface area contributed by atoms with E-state index >= 15 is 0 Å². The minimum absolute atomic E-state index is 0.554. The zero-order valence-electron chi connectivity index (χ0n) is 12.9. The summed E-state index contributed by atoms with van der Waals surface area (Å²) in [6, 6.07) is 10.6. The monoisotopic (exact) mass is 272 g/mol. The van der Waals surface area contributed by atoms with Crippen LogP contribution >= 0.6 is 0 Å². The van der Waals surface area contributed by atoms with Crippen LogP contribution in [0.4, 0.5) is 0 Å². The third kappa shape index (κ3) is 2.91. The molecule has 1 aromatic rings. The summed E-state index contributed by atoms with van der Waals surface area (Å²) in [4.78, 5) is 2.67. The van der Waals surface area contributed by atoms with E-state index in [1.54, 1.807) is 0 Å². The van der Waals surface area contributed by atoms with E-state index in [1.165, 1.54) is 56.4 Å². The Morgan fingerprint density at radius 2 is 2.05 bits per heavy atom. The van der Waals surface area contributed by atoms with Gasteiger partial charge in [-0.25, -0.2) is 0 Å². The SMILES string of the molecule is CCCc1ccc(C(C)N2C[C@@H]3CCCN[C@@H]3C2)cc1. The van der Waals surface area contributed by atoms with E-state index < -0.39 is 0 Å². The van der Waals surface area contributed by atoms with Crippen molar-refractivity contribution >= 4 is 0 Å². The van der Waals surface area contributed by atoms with Gasteiger partial charge in [-0.1, -0.05) is 37.6 Å². The van der Waals surface area contributed by atoms with Gasteiger partial charge >= 0.3 is 0 Å². The van der Waals surface area contributed by atoms with Crippen LogP contribution < -0.4 is 5.32 Å². The van der Waals surface area contributed by atoms with Crippen molar-refractivity contribution in [1.29, 1.82) is 0 Å². The summed E-state index contributed by atoms with van der Waals surface area (Å²) in [6.07, 6.45) is 5.20. The number of fused-ring (bicyclic) bond motifs is 1. The fourth-order valence-corrected chi connectivity index (χ4v) is 3.86. The van der Waals surface area contributed by atoms with Gasteiger partial charge in [0.05, 0.1) is 0 Å². The summed E-state index contributed by atoms with van der Waals surface area (Å²) in [7, 11) is 0. The second-order valence-electron chi connectivity index (χ2n) is 6.58. The molecule has 0 aromatic heterocycles. The number of rotatable bonds is 4. The molecule has 1 unspecified atom stereocenters. The molecule has 0 saturated carbocycles. The summed E-state index contributed by atoms with van der Waals surface area (Å²) < 4.78 is 0. The van der Waals surface area contributed by atoms with Gasteiger partial charge in [-0.05, 0) is 49.8 Å². The number of aryl methyl sites for hydroxylation is 1.